The number of amides is 1. The molecule has 30 heavy (non-hydrogen) atoms. The number of hydrogen-bond acceptors (Lipinski definition) is 4. The third-order valence-corrected chi connectivity index (χ3v) is 5.55. The Labute approximate surface area is 197 Å². The van der Waals surface area contributed by atoms with Crippen molar-refractivity contribution in [2.24, 2.45) is 4.99 Å². The van der Waals surface area contributed by atoms with E-state index in [1.54, 1.807) is 0 Å². The summed E-state index contributed by atoms with van der Waals surface area (Å²) < 4.78 is 5.55. The van der Waals surface area contributed by atoms with Crippen LogP contribution in [0.15, 0.2) is 29.3 Å². The summed E-state index contributed by atoms with van der Waals surface area (Å²) in [6, 6.07) is 8.64. The number of carbonyl (C=O) groups is 1. The van der Waals surface area contributed by atoms with E-state index >= 15 is 0 Å². The van der Waals surface area contributed by atoms with Crippen molar-refractivity contribution < 1.29 is 9.53 Å². The molecule has 3 rings (SSSR count). The molecule has 1 unspecified atom stereocenters. The van der Waals surface area contributed by atoms with Gasteiger partial charge in [0.25, 0.3) is 5.91 Å². The van der Waals surface area contributed by atoms with E-state index in [4.69, 9.17) is 9.73 Å². The Bertz CT molecular complexity index is 681. The first-order chi connectivity index (χ1) is 14.1. The summed E-state index contributed by atoms with van der Waals surface area (Å²) >= 11 is 0. The summed E-state index contributed by atoms with van der Waals surface area (Å²) in [5.74, 6) is 1.10. The molecule has 1 aromatic carbocycles. The Balaban J connectivity index is 0.00000320. The highest BCUT2D eigenvalue weighted by Gasteiger charge is 2.30. The molecule has 0 saturated carbocycles. The van der Waals surface area contributed by atoms with Gasteiger partial charge < -0.3 is 24.8 Å². The van der Waals surface area contributed by atoms with Crippen LogP contribution in [0.2, 0.25) is 0 Å². The van der Waals surface area contributed by atoms with E-state index in [2.05, 4.69) is 60.4 Å². The minimum absolute atomic E-state index is 0. The lowest BCUT2D eigenvalue weighted by Gasteiger charge is -2.37. The molecule has 1 aromatic rings. The third-order valence-electron chi connectivity index (χ3n) is 5.55. The van der Waals surface area contributed by atoms with Crippen LogP contribution in [0.5, 0.6) is 0 Å². The van der Waals surface area contributed by atoms with Gasteiger partial charge in [0.05, 0.1) is 0 Å². The normalized spacial score (nSPS) is 19.4. The fraction of sp³-hybridized carbons (Fsp3) is 0.636. The Hall–Kier alpha value is -1.55. The van der Waals surface area contributed by atoms with Gasteiger partial charge in [-0.15, -0.1) is 24.0 Å². The number of guanidine groups is 1. The van der Waals surface area contributed by atoms with E-state index in [-0.39, 0.29) is 36.0 Å². The Morgan fingerprint density at radius 1 is 1.17 bits per heavy atom. The van der Waals surface area contributed by atoms with Gasteiger partial charge >= 0.3 is 0 Å². The molecule has 168 valence electrons. The zero-order valence-electron chi connectivity index (χ0n) is 18.5. The number of anilines is 1. The molecule has 1 N–H and O–H groups in total. The summed E-state index contributed by atoms with van der Waals surface area (Å²) in [4.78, 5) is 23.7. The largest absolute Gasteiger partial charge is 0.378 e. The van der Waals surface area contributed by atoms with Crippen LogP contribution in [0.3, 0.4) is 0 Å². The minimum atomic E-state index is -0.220. The molecule has 0 aromatic heterocycles. The van der Waals surface area contributed by atoms with Gasteiger partial charge in [-0.3, -0.25) is 9.79 Å². The average molecular weight is 529 g/mol. The van der Waals surface area contributed by atoms with Crippen LogP contribution in [-0.2, 0) is 16.0 Å². The van der Waals surface area contributed by atoms with Gasteiger partial charge in [0.15, 0.2) is 5.96 Å². The summed E-state index contributed by atoms with van der Waals surface area (Å²) in [6.07, 6.45) is 2.55. The van der Waals surface area contributed by atoms with Crippen LogP contribution in [0.4, 0.5) is 5.69 Å². The van der Waals surface area contributed by atoms with Gasteiger partial charge in [-0.2, -0.15) is 0 Å². The van der Waals surface area contributed by atoms with Crippen LogP contribution < -0.4 is 10.2 Å². The van der Waals surface area contributed by atoms with Crippen molar-refractivity contribution in [2.45, 2.75) is 32.3 Å². The number of piperazine rings is 1. The molecule has 1 atom stereocenters. The highest BCUT2D eigenvalue weighted by atomic mass is 127. The van der Waals surface area contributed by atoms with Crippen LogP contribution in [0.25, 0.3) is 0 Å². The number of rotatable bonds is 6. The first-order valence-corrected chi connectivity index (χ1v) is 10.8. The van der Waals surface area contributed by atoms with Crippen molar-refractivity contribution in [3.05, 3.63) is 29.8 Å². The lowest BCUT2D eigenvalue weighted by molar-refractivity contribution is -0.142. The van der Waals surface area contributed by atoms with Crippen molar-refractivity contribution in [1.29, 1.82) is 0 Å². The quantitative estimate of drug-likeness (QED) is 0.348. The van der Waals surface area contributed by atoms with Crippen molar-refractivity contribution in [2.75, 3.05) is 64.9 Å². The predicted octanol–water partition coefficient (Wildman–Crippen LogP) is 2.20. The van der Waals surface area contributed by atoms with Crippen LogP contribution in [-0.4, -0.2) is 87.7 Å². The molecule has 7 nitrogen and oxygen atoms in total. The topological polar surface area (TPSA) is 60.4 Å². The minimum Gasteiger partial charge on any atom is -0.378 e. The standard InChI is InChI=1S/C22H35N5O2.HI/c1-4-23-22(24-12-11-18-7-9-19(10-8-18)25(2)3)27-15-13-26(14-16-27)21(28)20-6-5-17-29-20;/h7-10,20H,4-6,11-17H2,1-3H3,(H,23,24);1H. The summed E-state index contributed by atoms with van der Waals surface area (Å²) in [5.41, 5.74) is 2.50. The SMILES string of the molecule is CCNC(=NCCc1ccc(N(C)C)cc1)N1CCN(C(=O)C2CCCO2)CC1.I. The molecular weight excluding hydrogens is 493 g/mol. The van der Waals surface area contributed by atoms with E-state index in [1.165, 1.54) is 11.3 Å². The van der Waals surface area contributed by atoms with Gasteiger partial charge in [0, 0.05) is 65.7 Å². The molecule has 1 amide bonds. The number of ether oxygens (including phenoxy) is 1. The molecular formula is C22H36IN5O2. The van der Waals surface area contributed by atoms with Crippen molar-refractivity contribution >= 4 is 41.5 Å². The average Bonchev–Trinajstić information content (AvgIpc) is 3.28. The highest BCUT2D eigenvalue weighted by molar-refractivity contribution is 14.0. The number of hydrogen-bond donors (Lipinski definition) is 1. The second-order valence-electron chi connectivity index (χ2n) is 7.86. The molecule has 2 heterocycles. The highest BCUT2D eigenvalue weighted by Crippen LogP contribution is 2.16. The number of halogens is 1. The molecule has 0 radical (unpaired) electrons. The maximum atomic E-state index is 12.5. The first-order valence-electron chi connectivity index (χ1n) is 10.8. The molecule has 0 bridgehead atoms. The maximum absolute atomic E-state index is 12.5. The number of nitrogens with zero attached hydrogens (tertiary/aromatic N) is 4. The third kappa shape index (κ3) is 6.73. The van der Waals surface area contributed by atoms with Gasteiger partial charge in [-0.1, -0.05) is 12.1 Å². The van der Waals surface area contributed by atoms with Crippen LogP contribution in [0, 0.1) is 0 Å². The number of carbonyl (C=O) groups excluding carboxylic acids is 1. The van der Waals surface area contributed by atoms with Crippen LogP contribution in [0.1, 0.15) is 25.3 Å². The molecule has 0 aliphatic carbocycles. The van der Waals surface area contributed by atoms with E-state index in [0.29, 0.717) is 6.61 Å². The second kappa shape index (κ2) is 12.3. The zero-order chi connectivity index (χ0) is 20.6. The molecule has 2 aliphatic rings. The zero-order valence-corrected chi connectivity index (χ0v) is 20.8. The lowest BCUT2D eigenvalue weighted by atomic mass is 10.1. The van der Waals surface area contributed by atoms with Gasteiger partial charge in [-0.25, -0.2) is 0 Å². The smallest absolute Gasteiger partial charge is 0.251 e. The van der Waals surface area contributed by atoms with Gasteiger partial charge in [0.2, 0.25) is 0 Å². The number of nitrogens with one attached hydrogen (secondary N) is 1. The fourth-order valence-corrected chi connectivity index (χ4v) is 3.79. The van der Waals surface area contributed by atoms with Gasteiger partial charge in [0.1, 0.15) is 6.10 Å². The van der Waals surface area contributed by atoms with E-state index in [0.717, 1.165) is 64.5 Å². The van der Waals surface area contributed by atoms with Gasteiger partial charge in [-0.05, 0) is 43.9 Å². The predicted molar refractivity (Wildman–Crippen MR) is 133 cm³/mol. The summed E-state index contributed by atoms with van der Waals surface area (Å²) in [5, 5.41) is 3.40. The van der Waals surface area contributed by atoms with Crippen molar-refractivity contribution in [3.63, 3.8) is 0 Å². The molecule has 2 fully saturated rings. The monoisotopic (exact) mass is 529 g/mol. The lowest BCUT2D eigenvalue weighted by Crippen LogP contribution is -2.55. The first kappa shape index (κ1) is 24.7. The van der Waals surface area contributed by atoms with Crippen molar-refractivity contribution in [3.8, 4) is 0 Å². The van der Waals surface area contributed by atoms with E-state index < -0.39 is 0 Å². The molecule has 2 aliphatic heterocycles. The van der Waals surface area contributed by atoms with E-state index in [9.17, 15) is 4.79 Å². The maximum Gasteiger partial charge on any atom is 0.251 e. The van der Waals surface area contributed by atoms with Crippen LogP contribution >= 0.6 is 24.0 Å². The fourth-order valence-electron chi connectivity index (χ4n) is 3.79. The molecule has 0 spiro atoms. The number of benzene rings is 1. The molecule has 2 saturated heterocycles. The Kier molecular flexibility index (Phi) is 10.2. The van der Waals surface area contributed by atoms with E-state index in [1.807, 2.05) is 4.90 Å². The Morgan fingerprint density at radius 3 is 2.40 bits per heavy atom. The summed E-state index contributed by atoms with van der Waals surface area (Å²) in [7, 11) is 4.10. The number of aliphatic imine (C=N–C) groups is 1. The second-order valence-corrected chi connectivity index (χ2v) is 7.86. The Morgan fingerprint density at radius 2 is 1.83 bits per heavy atom. The van der Waals surface area contributed by atoms with Crippen molar-refractivity contribution in [1.82, 2.24) is 15.1 Å². The molecule has 8 heteroatoms. The summed E-state index contributed by atoms with van der Waals surface area (Å²) in [6.45, 7) is 7.47.